The van der Waals surface area contributed by atoms with Crippen LogP contribution in [-0.2, 0) is 11.3 Å². The van der Waals surface area contributed by atoms with E-state index in [9.17, 15) is 4.79 Å². The summed E-state index contributed by atoms with van der Waals surface area (Å²) in [4.78, 5) is 17.1. The van der Waals surface area contributed by atoms with E-state index in [1.165, 1.54) is 13.3 Å². The minimum Gasteiger partial charge on any atom is -0.300 e. The number of hydrogen-bond acceptors (Lipinski definition) is 3. The number of halogens is 1. The van der Waals surface area contributed by atoms with E-state index in [2.05, 4.69) is 38.6 Å². The molecule has 0 atom stereocenters. The molecule has 1 aromatic heterocycles. The fourth-order valence-electron chi connectivity index (χ4n) is 1.83. The molecule has 20 heavy (non-hydrogen) atoms. The molecule has 0 aliphatic heterocycles. The van der Waals surface area contributed by atoms with Crippen molar-refractivity contribution < 1.29 is 4.79 Å². The summed E-state index contributed by atoms with van der Waals surface area (Å²) in [6.45, 7) is 2.43. The summed E-state index contributed by atoms with van der Waals surface area (Å²) in [7, 11) is 0. The van der Waals surface area contributed by atoms with Crippen LogP contribution in [0.1, 0.15) is 12.5 Å². The van der Waals surface area contributed by atoms with Gasteiger partial charge >= 0.3 is 0 Å². The smallest absolute Gasteiger partial charge is 0.224 e. The summed E-state index contributed by atoms with van der Waals surface area (Å²) in [5.41, 5.74) is 1.92. The van der Waals surface area contributed by atoms with Crippen molar-refractivity contribution >= 4 is 34.2 Å². The Morgan fingerprint density at radius 3 is 2.90 bits per heavy atom. The lowest BCUT2D eigenvalue weighted by Gasteiger charge is -2.20. The van der Waals surface area contributed by atoms with Crippen LogP contribution in [0.25, 0.3) is 0 Å². The van der Waals surface area contributed by atoms with E-state index >= 15 is 0 Å². The Hall–Kier alpha value is -1.88. The average Bonchev–Trinajstić information content (AvgIpc) is 2.89. The number of hydrogen-bond donors (Lipinski definition) is 0. The van der Waals surface area contributed by atoms with Gasteiger partial charge in [0.2, 0.25) is 5.91 Å². The monoisotopic (exact) mass is 380 g/mol. The van der Waals surface area contributed by atoms with E-state index in [0.717, 1.165) is 14.8 Å². The van der Waals surface area contributed by atoms with Crippen molar-refractivity contribution in [3.63, 3.8) is 0 Å². The van der Waals surface area contributed by atoms with Gasteiger partial charge in [-0.1, -0.05) is 12.0 Å². The van der Waals surface area contributed by atoms with E-state index in [1.54, 1.807) is 15.9 Å². The first kappa shape index (κ1) is 14.5. The molecule has 0 bridgehead atoms. The predicted octanol–water partition coefficient (Wildman–Crippen LogP) is 1.92. The zero-order chi connectivity index (χ0) is 14.5. The molecular formula is C14H13IN4O. The second kappa shape index (κ2) is 6.52. The van der Waals surface area contributed by atoms with Crippen LogP contribution in [0.15, 0.2) is 30.9 Å². The van der Waals surface area contributed by atoms with Gasteiger partial charge in [0.25, 0.3) is 0 Å². The van der Waals surface area contributed by atoms with Crippen molar-refractivity contribution in [2.75, 3.05) is 11.4 Å². The summed E-state index contributed by atoms with van der Waals surface area (Å²) in [6, 6.07) is 5.89. The Labute approximate surface area is 131 Å². The Bertz CT molecular complexity index is 646. The van der Waals surface area contributed by atoms with Crippen LogP contribution >= 0.6 is 22.6 Å². The highest BCUT2D eigenvalue weighted by molar-refractivity contribution is 14.1. The molecule has 0 spiro atoms. The molecule has 1 aromatic carbocycles. The summed E-state index contributed by atoms with van der Waals surface area (Å²) in [6.07, 6.45) is 8.48. The van der Waals surface area contributed by atoms with Gasteiger partial charge in [-0.15, -0.1) is 6.42 Å². The van der Waals surface area contributed by atoms with Crippen LogP contribution in [-0.4, -0.2) is 27.2 Å². The van der Waals surface area contributed by atoms with Crippen molar-refractivity contribution in [1.29, 1.82) is 0 Å². The molecule has 0 aliphatic rings. The lowest BCUT2D eigenvalue weighted by Crippen LogP contribution is -2.29. The SMILES string of the molecule is C#CCN(C(C)=O)c1ccc(Cn2cncn2)cc1I. The highest BCUT2D eigenvalue weighted by Crippen LogP contribution is 2.24. The number of amides is 1. The minimum absolute atomic E-state index is 0.0649. The van der Waals surface area contributed by atoms with Crippen LogP contribution in [0, 0.1) is 15.9 Å². The van der Waals surface area contributed by atoms with Gasteiger partial charge in [-0.2, -0.15) is 5.10 Å². The third-order valence-corrected chi connectivity index (χ3v) is 3.61. The number of carbonyl (C=O) groups excluding carboxylic acids is 1. The van der Waals surface area contributed by atoms with E-state index in [1.807, 2.05) is 18.2 Å². The first-order valence-electron chi connectivity index (χ1n) is 5.94. The first-order valence-corrected chi connectivity index (χ1v) is 7.02. The van der Waals surface area contributed by atoms with Gasteiger partial charge in [-0.25, -0.2) is 9.67 Å². The number of rotatable bonds is 4. The summed E-state index contributed by atoms with van der Waals surface area (Å²) in [5.74, 6) is 2.44. The Morgan fingerprint density at radius 2 is 2.35 bits per heavy atom. The number of terminal acetylenes is 1. The van der Waals surface area contributed by atoms with Gasteiger partial charge in [0.05, 0.1) is 18.8 Å². The molecule has 0 fully saturated rings. The first-order chi connectivity index (χ1) is 9.61. The fourth-order valence-corrected chi connectivity index (χ4v) is 2.70. The van der Waals surface area contributed by atoms with Crippen LogP contribution < -0.4 is 4.90 Å². The summed E-state index contributed by atoms with van der Waals surface area (Å²) < 4.78 is 2.72. The topological polar surface area (TPSA) is 51.0 Å². The quantitative estimate of drug-likeness (QED) is 0.602. The summed E-state index contributed by atoms with van der Waals surface area (Å²) in [5, 5.41) is 4.07. The third kappa shape index (κ3) is 3.36. The van der Waals surface area contributed by atoms with E-state index in [4.69, 9.17) is 6.42 Å². The zero-order valence-electron chi connectivity index (χ0n) is 11.0. The van der Waals surface area contributed by atoms with Gasteiger partial charge in [0.15, 0.2) is 0 Å². The van der Waals surface area contributed by atoms with Crippen molar-refractivity contribution in [2.24, 2.45) is 0 Å². The molecule has 1 amide bonds. The number of carbonyl (C=O) groups is 1. The van der Waals surface area contributed by atoms with Crippen LogP contribution in [0.2, 0.25) is 0 Å². The lowest BCUT2D eigenvalue weighted by atomic mass is 10.2. The molecule has 6 heteroatoms. The Kier molecular flexibility index (Phi) is 4.74. The van der Waals surface area contributed by atoms with E-state index in [-0.39, 0.29) is 12.5 Å². The zero-order valence-corrected chi connectivity index (χ0v) is 13.1. The molecule has 0 saturated carbocycles. The molecule has 0 unspecified atom stereocenters. The number of benzene rings is 1. The van der Waals surface area contributed by atoms with Gasteiger partial charge in [0.1, 0.15) is 12.7 Å². The molecular weight excluding hydrogens is 367 g/mol. The fraction of sp³-hybridized carbons (Fsp3) is 0.214. The molecule has 0 N–H and O–H groups in total. The van der Waals surface area contributed by atoms with E-state index < -0.39 is 0 Å². The number of anilines is 1. The highest BCUT2D eigenvalue weighted by atomic mass is 127. The Morgan fingerprint density at radius 1 is 1.55 bits per heavy atom. The largest absolute Gasteiger partial charge is 0.300 e. The predicted molar refractivity (Wildman–Crippen MR) is 85.1 cm³/mol. The summed E-state index contributed by atoms with van der Waals surface area (Å²) >= 11 is 2.21. The van der Waals surface area contributed by atoms with Gasteiger partial charge in [-0.05, 0) is 40.3 Å². The molecule has 5 nitrogen and oxygen atoms in total. The van der Waals surface area contributed by atoms with Crippen LogP contribution in [0.5, 0.6) is 0 Å². The molecule has 2 aromatic rings. The molecule has 2 rings (SSSR count). The molecule has 0 aliphatic carbocycles. The lowest BCUT2D eigenvalue weighted by molar-refractivity contribution is -0.116. The van der Waals surface area contributed by atoms with Crippen LogP contribution in [0.3, 0.4) is 0 Å². The maximum atomic E-state index is 11.6. The number of nitrogens with zero attached hydrogens (tertiary/aromatic N) is 4. The minimum atomic E-state index is -0.0649. The second-order valence-electron chi connectivity index (χ2n) is 4.19. The van der Waals surface area contributed by atoms with Gasteiger partial charge < -0.3 is 0 Å². The average molecular weight is 380 g/mol. The van der Waals surface area contributed by atoms with E-state index in [0.29, 0.717) is 6.54 Å². The van der Waals surface area contributed by atoms with Crippen molar-refractivity contribution in [3.8, 4) is 12.3 Å². The maximum Gasteiger partial charge on any atom is 0.224 e. The molecule has 0 saturated heterocycles. The Balaban J connectivity index is 2.25. The maximum absolute atomic E-state index is 11.6. The van der Waals surface area contributed by atoms with Crippen molar-refractivity contribution in [2.45, 2.75) is 13.5 Å². The molecule has 1 heterocycles. The van der Waals surface area contributed by atoms with Crippen molar-refractivity contribution in [1.82, 2.24) is 14.8 Å². The highest BCUT2D eigenvalue weighted by Gasteiger charge is 2.13. The normalized spacial score (nSPS) is 10.1. The van der Waals surface area contributed by atoms with Gasteiger partial charge in [-0.3, -0.25) is 9.69 Å². The standard InChI is InChI=1S/C14H13IN4O/c1-3-6-19(11(2)20)14-5-4-12(7-13(14)15)8-18-10-16-9-17-18/h1,4-5,7,9-10H,6,8H2,2H3. The number of aromatic nitrogens is 3. The van der Waals surface area contributed by atoms with Gasteiger partial charge in [0, 0.05) is 10.5 Å². The molecule has 102 valence electrons. The van der Waals surface area contributed by atoms with Crippen LogP contribution in [0.4, 0.5) is 5.69 Å². The van der Waals surface area contributed by atoms with Crippen molar-refractivity contribution in [3.05, 3.63) is 40.0 Å². The third-order valence-electron chi connectivity index (χ3n) is 2.74. The second-order valence-corrected chi connectivity index (χ2v) is 5.35. The molecule has 0 radical (unpaired) electrons.